The van der Waals surface area contributed by atoms with E-state index in [1.54, 1.807) is 11.7 Å². The number of pyridine rings is 1. The highest BCUT2D eigenvalue weighted by molar-refractivity contribution is 5.68. The molecular weight excluding hydrogens is 401 g/mol. The molecule has 2 fully saturated rings. The largest absolute Gasteiger partial charge is 0.489 e. The van der Waals surface area contributed by atoms with Crippen LogP contribution in [0.3, 0.4) is 0 Å². The molecule has 2 saturated carbocycles. The van der Waals surface area contributed by atoms with Gasteiger partial charge in [0.25, 0.3) is 0 Å². The van der Waals surface area contributed by atoms with E-state index in [1.165, 1.54) is 19.3 Å². The second-order valence-corrected chi connectivity index (χ2v) is 8.55. The van der Waals surface area contributed by atoms with E-state index in [-0.39, 0.29) is 25.2 Å². The topological polar surface area (TPSA) is 91.2 Å². The molecule has 0 saturated heterocycles. The third-order valence-corrected chi connectivity index (χ3v) is 6.10. The second-order valence-electron chi connectivity index (χ2n) is 8.55. The van der Waals surface area contributed by atoms with Crippen molar-refractivity contribution in [2.24, 2.45) is 13.0 Å². The van der Waals surface area contributed by atoms with Gasteiger partial charge in [-0.2, -0.15) is 0 Å². The summed E-state index contributed by atoms with van der Waals surface area (Å²) in [6.07, 6.45) is 5.80. The van der Waals surface area contributed by atoms with Gasteiger partial charge in [0.2, 0.25) is 0 Å². The quantitative estimate of drug-likeness (QED) is 0.716. The van der Waals surface area contributed by atoms with E-state index in [0.717, 1.165) is 30.0 Å². The van der Waals surface area contributed by atoms with E-state index >= 15 is 0 Å². The summed E-state index contributed by atoms with van der Waals surface area (Å²) in [6.45, 7) is 2.37. The van der Waals surface area contributed by atoms with Crippen LogP contribution in [0.1, 0.15) is 56.3 Å². The number of hydrogen-bond donors (Lipinski definition) is 1. The number of alkyl carbamates (subject to hydrolysis) is 1. The van der Waals surface area contributed by atoms with Crippen molar-refractivity contribution in [1.29, 1.82) is 0 Å². The first-order valence-corrected chi connectivity index (χ1v) is 11.1. The highest BCUT2D eigenvalue weighted by atomic mass is 19.1. The summed E-state index contributed by atoms with van der Waals surface area (Å²) < 4.78 is 25.8. The van der Waals surface area contributed by atoms with Crippen LogP contribution in [0.25, 0.3) is 11.4 Å². The van der Waals surface area contributed by atoms with Crippen LogP contribution in [0.2, 0.25) is 0 Å². The number of alkyl halides is 1. The molecule has 31 heavy (non-hydrogen) atoms. The van der Waals surface area contributed by atoms with Crippen LogP contribution in [0.15, 0.2) is 12.1 Å². The monoisotopic (exact) mass is 431 g/mol. The van der Waals surface area contributed by atoms with E-state index < -0.39 is 12.3 Å². The van der Waals surface area contributed by atoms with Crippen molar-refractivity contribution >= 4 is 6.09 Å². The Morgan fingerprint density at radius 3 is 2.74 bits per heavy atom. The summed E-state index contributed by atoms with van der Waals surface area (Å²) in [5.74, 6) is 0.922. The Bertz CT molecular complexity index is 907. The van der Waals surface area contributed by atoms with Crippen LogP contribution in [-0.4, -0.2) is 45.0 Å². The molecule has 1 amide bonds. The molecule has 0 aliphatic heterocycles. The van der Waals surface area contributed by atoms with Gasteiger partial charge < -0.3 is 14.8 Å². The number of hydrogen-bond acceptors (Lipinski definition) is 6. The number of ether oxygens (including phenoxy) is 2. The molecule has 2 aromatic heterocycles. The zero-order valence-corrected chi connectivity index (χ0v) is 18.1. The van der Waals surface area contributed by atoms with Gasteiger partial charge in [0, 0.05) is 7.05 Å². The zero-order chi connectivity index (χ0) is 21.8. The minimum Gasteiger partial charge on any atom is -0.489 e. The van der Waals surface area contributed by atoms with Crippen LogP contribution in [-0.2, 0) is 18.3 Å². The number of amides is 1. The zero-order valence-electron chi connectivity index (χ0n) is 18.1. The number of carbonyl (C=O) groups is 1. The summed E-state index contributed by atoms with van der Waals surface area (Å²) in [4.78, 5) is 16.7. The second kappa shape index (κ2) is 9.62. The summed E-state index contributed by atoms with van der Waals surface area (Å²) in [7, 11) is 1.77. The average molecular weight is 432 g/mol. The smallest absolute Gasteiger partial charge is 0.407 e. The fraction of sp³-hybridized carbons (Fsp3) is 0.636. The molecule has 2 aromatic rings. The van der Waals surface area contributed by atoms with Gasteiger partial charge in [-0.1, -0.05) is 11.6 Å². The van der Waals surface area contributed by atoms with Gasteiger partial charge in [0.05, 0.1) is 36.3 Å². The highest BCUT2D eigenvalue weighted by Gasteiger charge is 2.29. The standard InChI is InChI=1S/C22H30FN5O3/c1-14-20(31-17-6-4-3-5-7-17)9-8-18(25-14)21-19(28(2)27-26-21)12-24-22(29)30-13-15-10-16(23)11-15/h8-9,15-17H,3-7,10-13H2,1-2H3,(H,24,29). The van der Waals surface area contributed by atoms with Crippen molar-refractivity contribution in [2.45, 2.75) is 70.7 Å². The lowest BCUT2D eigenvalue weighted by atomic mass is 9.84. The summed E-state index contributed by atoms with van der Waals surface area (Å²) in [6, 6.07) is 3.81. The lowest BCUT2D eigenvalue weighted by Crippen LogP contribution is -2.32. The first kappa shape index (κ1) is 21.5. The molecule has 9 heteroatoms. The normalized spacial score (nSPS) is 21.4. The number of nitrogens with zero attached hydrogens (tertiary/aromatic N) is 4. The summed E-state index contributed by atoms with van der Waals surface area (Å²) in [5.41, 5.74) is 2.81. The molecule has 0 bridgehead atoms. The van der Waals surface area contributed by atoms with Crippen LogP contribution >= 0.6 is 0 Å². The van der Waals surface area contributed by atoms with E-state index in [1.807, 2.05) is 19.1 Å². The Morgan fingerprint density at radius 2 is 2.03 bits per heavy atom. The highest BCUT2D eigenvalue weighted by Crippen LogP contribution is 2.30. The fourth-order valence-corrected chi connectivity index (χ4v) is 4.13. The number of halogens is 1. The number of aromatic nitrogens is 4. The van der Waals surface area contributed by atoms with Crippen LogP contribution in [0, 0.1) is 12.8 Å². The van der Waals surface area contributed by atoms with E-state index in [2.05, 4.69) is 20.6 Å². The number of rotatable bonds is 7. The summed E-state index contributed by atoms with van der Waals surface area (Å²) >= 11 is 0. The third-order valence-electron chi connectivity index (χ3n) is 6.10. The third kappa shape index (κ3) is 5.32. The maximum atomic E-state index is 12.9. The molecule has 8 nitrogen and oxygen atoms in total. The Labute approximate surface area is 181 Å². The van der Waals surface area contributed by atoms with Crippen LogP contribution in [0.5, 0.6) is 5.75 Å². The molecule has 0 atom stereocenters. The fourth-order valence-electron chi connectivity index (χ4n) is 4.13. The summed E-state index contributed by atoms with van der Waals surface area (Å²) in [5, 5.41) is 11.0. The number of aryl methyl sites for hydroxylation is 2. The maximum absolute atomic E-state index is 12.9. The molecule has 1 N–H and O–H groups in total. The number of nitrogens with one attached hydrogen (secondary N) is 1. The van der Waals surface area contributed by atoms with Gasteiger partial charge >= 0.3 is 6.09 Å². The Morgan fingerprint density at radius 1 is 1.26 bits per heavy atom. The van der Waals surface area contributed by atoms with Crippen molar-refractivity contribution in [2.75, 3.05) is 6.61 Å². The molecule has 0 spiro atoms. The van der Waals surface area contributed by atoms with Crippen molar-refractivity contribution in [3.05, 3.63) is 23.5 Å². The van der Waals surface area contributed by atoms with Crippen molar-refractivity contribution in [3.63, 3.8) is 0 Å². The van der Waals surface area contributed by atoms with Gasteiger partial charge in [-0.25, -0.2) is 18.9 Å². The van der Waals surface area contributed by atoms with E-state index in [0.29, 0.717) is 24.2 Å². The van der Waals surface area contributed by atoms with Crippen LogP contribution < -0.4 is 10.1 Å². The predicted octanol–water partition coefficient (Wildman–Crippen LogP) is 3.87. The Hall–Kier alpha value is -2.71. The molecule has 2 aliphatic rings. The Kier molecular flexibility index (Phi) is 6.67. The van der Waals surface area contributed by atoms with E-state index in [9.17, 15) is 9.18 Å². The minimum absolute atomic E-state index is 0.121. The van der Waals surface area contributed by atoms with Crippen LogP contribution in [0.4, 0.5) is 9.18 Å². The van der Waals surface area contributed by atoms with Crippen molar-refractivity contribution in [3.8, 4) is 17.1 Å². The van der Waals surface area contributed by atoms with Crippen molar-refractivity contribution < 1.29 is 18.7 Å². The lowest BCUT2D eigenvalue weighted by molar-refractivity contribution is 0.0573. The Balaban J connectivity index is 1.37. The van der Waals surface area contributed by atoms with Gasteiger partial charge in [0.1, 0.15) is 17.6 Å². The minimum atomic E-state index is -0.754. The van der Waals surface area contributed by atoms with Gasteiger partial charge in [-0.05, 0) is 63.5 Å². The molecule has 0 aromatic carbocycles. The molecule has 4 rings (SSSR count). The molecule has 0 unspecified atom stereocenters. The van der Waals surface area contributed by atoms with Crippen molar-refractivity contribution in [1.82, 2.24) is 25.3 Å². The SMILES string of the molecule is Cc1nc(-c2nnn(C)c2CNC(=O)OCC2CC(F)C2)ccc1OC1CCCCC1. The lowest BCUT2D eigenvalue weighted by Gasteiger charge is -2.28. The first-order chi connectivity index (χ1) is 15.0. The van der Waals surface area contributed by atoms with Gasteiger partial charge in [-0.15, -0.1) is 5.10 Å². The van der Waals surface area contributed by atoms with Gasteiger partial charge in [0.15, 0.2) is 0 Å². The van der Waals surface area contributed by atoms with Gasteiger partial charge in [-0.3, -0.25) is 0 Å². The predicted molar refractivity (Wildman–Crippen MR) is 112 cm³/mol. The van der Waals surface area contributed by atoms with E-state index in [4.69, 9.17) is 9.47 Å². The first-order valence-electron chi connectivity index (χ1n) is 11.1. The number of carbonyl (C=O) groups excluding carboxylic acids is 1. The molecule has 168 valence electrons. The molecular formula is C22H30FN5O3. The maximum Gasteiger partial charge on any atom is 0.407 e. The molecule has 2 aliphatic carbocycles. The molecule has 2 heterocycles. The average Bonchev–Trinajstić information content (AvgIpc) is 3.11. The molecule has 0 radical (unpaired) electrons.